The van der Waals surface area contributed by atoms with Gasteiger partial charge in [-0.2, -0.15) is 0 Å². The molecule has 0 bridgehead atoms. The number of nitrogens with zero attached hydrogens (tertiary/aromatic N) is 1. The van der Waals surface area contributed by atoms with Crippen LogP contribution in [0.4, 0.5) is 0 Å². The number of hydrogen-bond acceptors (Lipinski definition) is 4. The molecule has 6 heteroatoms. The minimum Gasteiger partial charge on any atom is -0.493 e. The lowest BCUT2D eigenvalue weighted by atomic mass is 10.2. The van der Waals surface area contributed by atoms with E-state index in [-0.39, 0.29) is 0 Å². The number of para-hydroxylation sites is 1. The van der Waals surface area contributed by atoms with Crippen LogP contribution in [0.2, 0.25) is 0 Å². The summed E-state index contributed by atoms with van der Waals surface area (Å²) in [7, 11) is 3.19. The van der Waals surface area contributed by atoms with Gasteiger partial charge in [0.05, 0.1) is 18.7 Å². The summed E-state index contributed by atoms with van der Waals surface area (Å²) in [6.45, 7) is 0.295. The third kappa shape index (κ3) is 3.68. The predicted molar refractivity (Wildman–Crippen MR) is 88.4 cm³/mol. The number of hydrogen-bond donors (Lipinski definition) is 0. The summed E-state index contributed by atoms with van der Waals surface area (Å²) >= 11 is 6.96. The highest BCUT2D eigenvalue weighted by Gasteiger charge is 2.13. The lowest BCUT2D eigenvalue weighted by molar-refractivity contribution is 0.281. The molecule has 21 heavy (non-hydrogen) atoms. The molecule has 0 atom stereocenters. The number of aromatic nitrogens is 1. The van der Waals surface area contributed by atoms with Crippen LogP contribution in [0.1, 0.15) is 11.3 Å². The van der Waals surface area contributed by atoms with E-state index in [4.69, 9.17) is 14.2 Å². The quantitative estimate of drug-likeness (QED) is 0.657. The van der Waals surface area contributed by atoms with Gasteiger partial charge in [0.1, 0.15) is 18.1 Å². The molecule has 0 radical (unpaired) electrons. The van der Waals surface area contributed by atoms with Crippen molar-refractivity contribution in [2.24, 2.45) is 0 Å². The van der Waals surface area contributed by atoms with Gasteiger partial charge >= 0.3 is 0 Å². The van der Waals surface area contributed by atoms with Gasteiger partial charge in [-0.15, -0.1) is 0 Å². The van der Waals surface area contributed by atoms with Gasteiger partial charge in [-0.25, -0.2) is 0 Å². The molecule has 0 fully saturated rings. The monoisotopic (exact) mass is 415 g/mol. The molecule has 1 heterocycles. The fourth-order valence-corrected chi connectivity index (χ4v) is 2.88. The van der Waals surface area contributed by atoms with Crippen molar-refractivity contribution in [1.82, 2.24) is 4.98 Å². The molecule has 0 amide bonds. The number of benzene rings is 1. The molecule has 0 saturated heterocycles. The number of halogens is 2. The van der Waals surface area contributed by atoms with E-state index in [1.54, 1.807) is 26.5 Å². The van der Waals surface area contributed by atoms with E-state index in [1.807, 2.05) is 18.2 Å². The summed E-state index contributed by atoms with van der Waals surface area (Å²) in [4.78, 5) is 4.30. The third-order valence-electron chi connectivity index (χ3n) is 2.91. The van der Waals surface area contributed by atoms with Crippen LogP contribution >= 0.6 is 31.9 Å². The average molecular weight is 417 g/mol. The van der Waals surface area contributed by atoms with Crippen molar-refractivity contribution in [3.63, 3.8) is 0 Å². The van der Waals surface area contributed by atoms with E-state index < -0.39 is 0 Å². The summed E-state index contributed by atoms with van der Waals surface area (Å²) < 4.78 is 17.4. The molecule has 0 aliphatic carbocycles. The Morgan fingerprint density at radius 2 is 1.90 bits per heavy atom. The largest absolute Gasteiger partial charge is 0.493 e. The first-order chi connectivity index (χ1) is 10.2. The maximum atomic E-state index is 5.91. The molecule has 0 N–H and O–H groups in total. The Bertz CT molecular complexity index is 620. The van der Waals surface area contributed by atoms with E-state index in [1.165, 1.54) is 0 Å². The lowest BCUT2D eigenvalue weighted by Crippen LogP contribution is -2.04. The van der Waals surface area contributed by atoms with Gasteiger partial charge in [-0.05, 0) is 22.0 Å². The number of ether oxygens (including phenoxy) is 3. The first-order valence-electron chi connectivity index (χ1n) is 6.23. The standard InChI is InChI=1S/C15H15Br2NO3/c1-19-13-6-7-18-12(15(13)20-2)9-21-14-10(8-16)4-3-5-11(14)17/h3-7H,8-9H2,1-2H3. The fraction of sp³-hybridized carbons (Fsp3) is 0.267. The summed E-state index contributed by atoms with van der Waals surface area (Å²) in [6.07, 6.45) is 1.67. The minimum absolute atomic E-state index is 0.295. The molecule has 0 spiro atoms. The molecule has 0 aliphatic rings. The van der Waals surface area contributed by atoms with Crippen molar-refractivity contribution in [3.05, 3.63) is 46.2 Å². The first-order valence-corrected chi connectivity index (χ1v) is 8.14. The van der Waals surface area contributed by atoms with Crippen molar-refractivity contribution >= 4 is 31.9 Å². The molecular formula is C15H15Br2NO3. The number of pyridine rings is 1. The second kappa shape index (κ2) is 7.66. The summed E-state index contributed by atoms with van der Waals surface area (Å²) in [5, 5.41) is 0.713. The second-order valence-electron chi connectivity index (χ2n) is 4.14. The van der Waals surface area contributed by atoms with Crippen LogP contribution < -0.4 is 14.2 Å². The normalized spacial score (nSPS) is 10.3. The lowest BCUT2D eigenvalue weighted by Gasteiger charge is -2.14. The van der Waals surface area contributed by atoms with Gasteiger partial charge in [0.2, 0.25) is 0 Å². The fourth-order valence-electron chi connectivity index (χ4n) is 1.91. The van der Waals surface area contributed by atoms with E-state index in [9.17, 15) is 0 Å². The van der Waals surface area contributed by atoms with E-state index in [0.717, 1.165) is 15.8 Å². The zero-order chi connectivity index (χ0) is 15.2. The number of methoxy groups -OCH3 is 2. The minimum atomic E-state index is 0.295. The molecule has 2 rings (SSSR count). The van der Waals surface area contributed by atoms with Crippen molar-refractivity contribution in [1.29, 1.82) is 0 Å². The van der Waals surface area contributed by atoms with Gasteiger partial charge in [-0.1, -0.05) is 28.1 Å². The average Bonchev–Trinajstić information content (AvgIpc) is 2.52. The molecule has 112 valence electrons. The van der Waals surface area contributed by atoms with Gasteiger partial charge in [0, 0.05) is 23.2 Å². The topological polar surface area (TPSA) is 40.6 Å². The predicted octanol–water partition coefficient (Wildman–Crippen LogP) is 4.34. The molecule has 1 aromatic heterocycles. The maximum Gasteiger partial charge on any atom is 0.185 e. The van der Waals surface area contributed by atoms with Crippen LogP contribution in [-0.4, -0.2) is 19.2 Å². The summed E-state index contributed by atoms with van der Waals surface area (Å²) in [6, 6.07) is 7.67. The van der Waals surface area contributed by atoms with Crippen LogP contribution in [0.5, 0.6) is 17.2 Å². The Morgan fingerprint density at radius 1 is 1.10 bits per heavy atom. The smallest absolute Gasteiger partial charge is 0.185 e. The third-order valence-corrected chi connectivity index (χ3v) is 4.14. The SMILES string of the molecule is COc1ccnc(COc2c(Br)cccc2CBr)c1OC. The number of alkyl halides is 1. The molecule has 1 aromatic carbocycles. The molecular weight excluding hydrogens is 402 g/mol. The van der Waals surface area contributed by atoms with Crippen LogP contribution in [0.3, 0.4) is 0 Å². The highest BCUT2D eigenvalue weighted by Crippen LogP contribution is 2.33. The Kier molecular flexibility index (Phi) is 5.87. The van der Waals surface area contributed by atoms with Crippen molar-refractivity contribution in [2.75, 3.05) is 14.2 Å². The Balaban J connectivity index is 2.25. The number of rotatable bonds is 6. The van der Waals surface area contributed by atoms with Crippen molar-refractivity contribution in [3.8, 4) is 17.2 Å². The van der Waals surface area contributed by atoms with Gasteiger partial charge < -0.3 is 14.2 Å². The zero-order valence-electron chi connectivity index (χ0n) is 11.7. The van der Waals surface area contributed by atoms with Gasteiger partial charge in [-0.3, -0.25) is 4.98 Å². The van der Waals surface area contributed by atoms with Crippen LogP contribution in [0.25, 0.3) is 0 Å². The van der Waals surface area contributed by atoms with Crippen LogP contribution in [-0.2, 0) is 11.9 Å². The zero-order valence-corrected chi connectivity index (χ0v) is 14.9. The molecule has 0 aliphatic heterocycles. The van der Waals surface area contributed by atoms with E-state index in [0.29, 0.717) is 29.1 Å². The van der Waals surface area contributed by atoms with Crippen molar-refractivity contribution < 1.29 is 14.2 Å². The van der Waals surface area contributed by atoms with Crippen molar-refractivity contribution in [2.45, 2.75) is 11.9 Å². The highest BCUT2D eigenvalue weighted by atomic mass is 79.9. The molecule has 4 nitrogen and oxygen atoms in total. The maximum absolute atomic E-state index is 5.91. The Morgan fingerprint density at radius 3 is 2.57 bits per heavy atom. The summed E-state index contributed by atoms with van der Waals surface area (Å²) in [5.74, 6) is 2.02. The second-order valence-corrected chi connectivity index (χ2v) is 5.56. The Labute approximate surface area is 140 Å². The first kappa shape index (κ1) is 16.1. The Hall–Kier alpha value is -1.27. The molecule has 0 unspecified atom stereocenters. The summed E-state index contributed by atoms with van der Waals surface area (Å²) in [5.41, 5.74) is 1.75. The van der Waals surface area contributed by atoms with Gasteiger partial charge in [0.15, 0.2) is 11.5 Å². The van der Waals surface area contributed by atoms with Crippen LogP contribution in [0, 0.1) is 0 Å². The van der Waals surface area contributed by atoms with E-state index in [2.05, 4.69) is 36.8 Å². The molecule has 2 aromatic rings. The molecule has 0 saturated carbocycles. The van der Waals surface area contributed by atoms with Gasteiger partial charge in [0.25, 0.3) is 0 Å². The highest BCUT2D eigenvalue weighted by molar-refractivity contribution is 9.10. The van der Waals surface area contributed by atoms with E-state index >= 15 is 0 Å². The van der Waals surface area contributed by atoms with Crippen LogP contribution in [0.15, 0.2) is 34.9 Å².